The molecule has 2 heterocycles. The third-order valence-electron chi connectivity index (χ3n) is 4.32. The van der Waals surface area contributed by atoms with Gasteiger partial charge in [0.2, 0.25) is 5.91 Å². The number of carbonyl (C=O) groups excluding carboxylic acids is 1. The Morgan fingerprint density at radius 1 is 1.36 bits per heavy atom. The number of amides is 1. The molecule has 2 aromatic heterocycles. The SMILES string of the molecule is COc1cc(Cl)c(C)cc1NC(=O)[C@H](C)Sc1nnc(-c2ccoc2C)n1C. The van der Waals surface area contributed by atoms with Crippen molar-refractivity contribution in [2.45, 2.75) is 31.2 Å². The lowest BCUT2D eigenvalue weighted by Crippen LogP contribution is -2.23. The zero-order valence-corrected chi connectivity index (χ0v) is 17.8. The highest BCUT2D eigenvalue weighted by Crippen LogP contribution is 2.32. The highest BCUT2D eigenvalue weighted by Gasteiger charge is 2.21. The fourth-order valence-corrected chi connectivity index (χ4v) is 3.61. The van der Waals surface area contributed by atoms with Gasteiger partial charge in [0.25, 0.3) is 0 Å². The van der Waals surface area contributed by atoms with Crippen molar-refractivity contribution < 1.29 is 13.9 Å². The molecule has 0 spiro atoms. The number of anilines is 1. The van der Waals surface area contributed by atoms with Crippen molar-refractivity contribution >= 4 is 35.0 Å². The van der Waals surface area contributed by atoms with E-state index in [1.165, 1.54) is 18.9 Å². The average molecular weight is 421 g/mol. The van der Waals surface area contributed by atoms with E-state index < -0.39 is 5.25 Å². The molecule has 0 saturated carbocycles. The second-order valence-electron chi connectivity index (χ2n) is 6.31. The Morgan fingerprint density at radius 2 is 2.11 bits per heavy atom. The van der Waals surface area contributed by atoms with E-state index in [2.05, 4.69) is 15.5 Å². The summed E-state index contributed by atoms with van der Waals surface area (Å²) in [6.07, 6.45) is 1.61. The number of carbonyl (C=O) groups is 1. The van der Waals surface area contributed by atoms with Crippen molar-refractivity contribution in [3.05, 3.63) is 40.8 Å². The Hall–Kier alpha value is -2.45. The molecule has 7 nitrogen and oxygen atoms in total. The number of rotatable bonds is 6. The highest BCUT2D eigenvalue weighted by molar-refractivity contribution is 8.00. The molecule has 1 atom stereocenters. The van der Waals surface area contributed by atoms with Gasteiger partial charge in [0.1, 0.15) is 11.5 Å². The number of nitrogens with zero attached hydrogens (tertiary/aromatic N) is 3. The van der Waals surface area contributed by atoms with Crippen molar-refractivity contribution in [3.63, 3.8) is 0 Å². The molecule has 1 amide bonds. The second kappa shape index (κ2) is 8.28. The van der Waals surface area contributed by atoms with Crippen LogP contribution in [0.5, 0.6) is 5.75 Å². The Morgan fingerprint density at radius 3 is 2.75 bits per heavy atom. The molecule has 0 aliphatic rings. The van der Waals surface area contributed by atoms with Crippen molar-refractivity contribution in [2.75, 3.05) is 12.4 Å². The summed E-state index contributed by atoms with van der Waals surface area (Å²) in [4.78, 5) is 12.7. The minimum atomic E-state index is -0.401. The number of ether oxygens (including phenoxy) is 1. The largest absolute Gasteiger partial charge is 0.495 e. The smallest absolute Gasteiger partial charge is 0.237 e. The number of nitrogens with one attached hydrogen (secondary N) is 1. The summed E-state index contributed by atoms with van der Waals surface area (Å²) < 4.78 is 12.5. The Balaban J connectivity index is 1.75. The van der Waals surface area contributed by atoms with Crippen molar-refractivity contribution in [3.8, 4) is 17.1 Å². The number of aryl methyl sites for hydroxylation is 2. The van der Waals surface area contributed by atoms with Gasteiger partial charge < -0.3 is 19.0 Å². The van der Waals surface area contributed by atoms with Crippen LogP contribution in [0.4, 0.5) is 5.69 Å². The van der Waals surface area contributed by atoms with E-state index in [1.807, 2.05) is 38.5 Å². The summed E-state index contributed by atoms with van der Waals surface area (Å²) in [5.41, 5.74) is 2.31. The standard InChI is InChI=1S/C19H21ClN4O3S/c1-10-8-15(16(26-5)9-14(10)20)21-18(25)12(3)28-19-23-22-17(24(19)4)13-6-7-27-11(13)2/h6-9,12H,1-5H3,(H,21,25)/t12-/m0/s1. The van der Waals surface area contributed by atoms with Crippen LogP contribution in [0.25, 0.3) is 11.4 Å². The van der Waals surface area contributed by atoms with Gasteiger partial charge in [-0.25, -0.2) is 0 Å². The van der Waals surface area contributed by atoms with Crippen LogP contribution in [0.15, 0.2) is 34.0 Å². The molecule has 0 aliphatic carbocycles. The number of halogens is 1. The van der Waals surface area contributed by atoms with E-state index in [-0.39, 0.29) is 5.91 Å². The third-order valence-corrected chi connectivity index (χ3v) is 5.87. The summed E-state index contributed by atoms with van der Waals surface area (Å²) in [6, 6.07) is 5.32. The number of hydrogen-bond acceptors (Lipinski definition) is 6. The van der Waals surface area contributed by atoms with Crippen molar-refractivity contribution in [1.29, 1.82) is 0 Å². The number of thioether (sulfide) groups is 1. The van der Waals surface area contributed by atoms with Gasteiger partial charge in [-0.05, 0) is 38.5 Å². The van der Waals surface area contributed by atoms with E-state index in [0.717, 1.165) is 16.9 Å². The molecule has 3 aromatic rings. The first-order valence-corrected chi connectivity index (χ1v) is 9.83. The molecule has 148 valence electrons. The zero-order valence-electron chi connectivity index (χ0n) is 16.2. The van der Waals surface area contributed by atoms with Crippen LogP contribution in [0.3, 0.4) is 0 Å². The lowest BCUT2D eigenvalue weighted by Gasteiger charge is -2.15. The van der Waals surface area contributed by atoms with E-state index >= 15 is 0 Å². The summed E-state index contributed by atoms with van der Waals surface area (Å²) >= 11 is 7.44. The van der Waals surface area contributed by atoms with E-state index in [1.54, 1.807) is 18.4 Å². The van der Waals surface area contributed by atoms with Gasteiger partial charge in [0, 0.05) is 18.1 Å². The second-order valence-corrected chi connectivity index (χ2v) is 8.02. The molecule has 0 bridgehead atoms. The van der Waals surface area contributed by atoms with Crippen LogP contribution in [-0.4, -0.2) is 33.0 Å². The number of benzene rings is 1. The molecule has 0 radical (unpaired) electrons. The number of methoxy groups -OCH3 is 1. The van der Waals surface area contributed by atoms with Gasteiger partial charge in [-0.15, -0.1) is 10.2 Å². The first-order chi connectivity index (χ1) is 13.3. The fraction of sp³-hybridized carbons (Fsp3) is 0.316. The third kappa shape index (κ3) is 4.02. The van der Waals surface area contributed by atoms with Gasteiger partial charge in [-0.1, -0.05) is 23.4 Å². The summed E-state index contributed by atoms with van der Waals surface area (Å²) in [7, 11) is 3.40. The van der Waals surface area contributed by atoms with Crippen molar-refractivity contribution in [2.24, 2.45) is 7.05 Å². The van der Waals surface area contributed by atoms with Crippen LogP contribution in [0.2, 0.25) is 5.02 Å². The molecular weight excluding hydrogens is 400 g/mol. The fourth-order valence-electron chi connectivity index (χ4n) is 2.64. The molecule has 1 aromatic carbocycles. The Kier molecular flexibility index (Phi) is 6.00. The summed E-state index contributed by atoms with van der Waals surface area (Å²) in [6.45, 7) is 5.55. The van der Waals surface area contributed by atoms with Crippen LogP contribution in [0, 0.1) is 13.8 Å². The maximum absolute atomic E-state index is 12.7. The normalized spacial score (nSPS) is 12.1. The van der Waals surface area contributed by atoms with Gasteiger partial charge in [0.15, 0.2) is 11.0 Å². The quantitative estimate of drug-likeness (QED) is 0.592. The zero-order chi connectivity index (χ0) is 20.4. The first-order valence-electron chi connectivity index (χ1n) is 8.57. The Bertz CT molecular complexity index is 1010. The highest BCUT2D eigenvalue weighted by atomic mass is 35.5. The van der Waals surface area contributed by atoms with Crippen LogP contribution in [0.1, 0.15) is 18.2 Å². The molecule has 0 fully saturated rings. The van der Waals surface area contributed by atoms with E-state index in [4.69, 9.17) is 20.8 Å². The van der Waals surface area contributed by atoms with E-state index in [0.29, 0.717) is 27.4 Å². The minimum Gasteiger partial charge on any atom is -0.495 e. The first kappa shape index (κ1) is 20.3. The molecular formula is C19H21ClN4O3S. The molecule has 0 aliphatic heterocycles. The van der Waals surface area contributed by atoms with Gasteiger partial charge in [0.05, 0.1) is 29.9 Å². The minimum absolute atomic E-state index is 0.172. The van der Waals surface area contributed by atoms with Gasteiger partial charge in [-0.3, -0.25) is 4.79 Å². The van der Waals surface area contributed by atoms with Gasteiger partial charge >= 0.3 is 0 Å². The molecule has 0 saturated heterocycles. The number of aromatic nitrogens is 3. The van der Waals surface area contributed by atoms with Crippen molar-refractivity contribution in [1.82, 2.24) is 14.8 Å². The number of hydrogen-bond donors (Lipinski definition) is 1. The molecule has 28 heavy (non-hydrogen) atoms. The van der Waals surface area contributed by atoms with Crippen LogP contribution >= 0.6 is 23.4 Å². The molecule has 0 unspecified atom stereocenters. The lowest BCUT2D eigenvalue weighted by atomic mass is 10.2. The van der Waals surface area contributed by atoms with E-state index in [9.17, 15) is 4.79 Å². The monoisotopic (exact) mass is 420 g/mol. The summed E-state index contributed by atoms with van der Waals surface area (Å²) in [5.74, 6) is 1.80. The molecule has 3 rings (SSSR count). The predicted octanol–water partition coefficient (Wildman–Crippen LogP) is 4.47. The van der Waals surface area contributed by atoms with Crippen LogP contribution in [-0.2, 0) is 11.8 Å². The van der Waals surface area contributed by atoms with Gasteiger partial charge in [-0.2, -0.15) is 0 Å². The number of furan rings is 1. The topological polar surface area (TPSA) is 82.2 Å². The predicted molar refractivity (Wildman–Crippen MR) is 110 cm³/mol. The Labute approximate surface area is 172 Å². The molecule has 1 N–H and O–H groups in total. The lowest BCUT2D eigenvalue weighted by molar-refractivity contribution is -0.115. The summed E-state index contributed by atoms with van der Waals surface area (Å²) in [5, 5.41) is 12.2. The molecule has 9 heteroatoms. The maximum Gasteiger partial charge on any atom is 0.237 e. The maximum atomic E-state index is 12.7. The van der Waals surface area contributed by atoms with Crippen LogP contribution < -0.4 is 10.1 Å². The average Bonchev–Trinajstić information content (AvgIpc) is 3.23.